The average Bonchev–Trinajstić information content (AvgIpc) is 2.48. The SMILES string of the molecule is CC(COC(=O)CN(C)C)COC(=O)CC12CC3CC(CC(C3)C1)C2. The summed E-state index contributed by atoms with van der Waals surface area (Å²) in [6, 6.07) is 0. The van der Waals surface area contributed by atoms with Gasteiger partial charge < -0.3 is 9.47 Å². The van der Waals surface area contributed by atoms with Crippen LogP contribution in [0.2, 0.25) is 0 Å². The Balaban J connectivity index is 1.37. The van der Waals surface area contributed by atoms with E-state index >= 15 is 0 Å². The summed E-state index contributed by atoms with van der Waals surface area (Å²) in [5, 5.41) is 0. The van der Waals surface area contributed by atoms with Crippen molar-refractivity contribution in [3.05, 3.63) is 0 Å². The van der Waals surface area contributed by atoms with E-state index in [4.69, 9.17) is 9.47 Å². The van der Waals surface area contributed by atoms with Crippen molar-refractivity contribution in [3.8, 4) is 0 Å². The number of hydrogen-bond donors (Lipinski definition) is 0. The largest absolute Gasteiger partial charge is 0.465 e. The molecule has 142 valence electrons. The Labute approximate surface area is 151 Å². The number of carbonyl (C=O) groups is 2. The molecule has 0 N–H and O–H groups in total. The Hall–Kier alpha value is -1.10. The van der Waals surface area contributed by atoms with E-state index in [1.165, 1.54) is 38.5 Å². The molecular formula is C20H33NO4. The smallest absolute Gasteiger partial charge is 0.320 e. The number of nitrogens with zero attached hydrogens (tertiary/aromatic N) is 1. The fourth-order valence-corrected chi connectivity index (χ4v) is 5.69. The average molecular weight is 351 g/mol. The molecular weight excluding hydrogens is 318 g/mol. The molecule has 0 aromatic rings. The van der Waals surface area contributed by atoms with E-state index in [1.807, 2.05) is 21.0 Å². The summed E-state index contributed by atoms with van der Waals surface area (Å²) < 4.78 is 10.7. The molecule has 4 saturated carbocycles. The zero-order valence-corrected chi connectivity index (χ0v) is 16.0. The van der Waals surface area contributed by atoms with Gasteiger partial charge in [-0.05, 0) is 75.8 Å². The number of esters is 2. The molecule has 0 aromatic heterocycles. The van der Waals surface area contributed by atoms with E-state index in [1.54, 1.807) is 4.90 Å². The highest BCUT2D eigenvalue weighted by molar-refractivity contribution is 5.71. The van der Waals surface area contributed by atoms with Crippen LogP contribution in [-0.4, -0.2) is 50.7 Å². The highest BCUT2D eigenvalue weighted by Gasteiger charge is 2.51. The summed E-state index contributed by atoms with van der Waals surface area (Å²) in [4.78, 5) is 25.7. The second-order valence-electron chi connectivity index (χ2n) is 9.30. The van der Waals surface area contributed by atoms with E-state index in [9.17, 15) is 9.59 Å². The van der Waals surface area contributed by atoms with Crippen molar-refractivity contribution in [1.82, 2.24) is 4.90 Å². The molecule has 4 bridgehead atoms. The van der Waals surface area contributed by atoms with E-state index < -0.39 is 0 Å². The predicted molar refractivity (Wildman–Crippen MR) is 94.9 cm³/mol. The molecule has 4 fully saturated rings. The number of likely N-dealkylation sites (N-methyl/N-ethyl adjacent to an activating group) is 1. The van der Waals surface area contributed by atoms with Gasteiger partial charge in [0.15, 0.2) is 0 Å². The van der Waals surface area contributed by atoms with Crippen molar-refractivity contribution in [1.29, 1.82) is 0 Å². The van der Waals surface area contributed by atoms with Crippen LogP contribution >= 0.6 is 0 Å². The summed E-state index contributed by atoms with van der Waals surface area (Å²) >= 11 is 0. The van der Waals surface area contributed by atoms with Crippen LogP contribution in [-0.2, 0) is 19.1 Å². The maximum absolute atomic E-state index is 12.4. The van der Waals surface area contributed by atoms with E-state index in [-0.39, 0.29) is 29.8 Å². The minimum atomic E-state index is -0.239. The first-order chi connectivity index (χ1) is 11.8. The molecule has 0 spiro atoms. The van der Waals surface area contributed by atoms with Gasteiger partial charge in [-0.3, -0.25) is 14.5 Å². The maximum atomic E-state index is 12.4. The molecule has 4 aliphatic rings. The van der Waals surface area contributed by atoms with Crippen molar-refractivity contribution < 1.29 is 19.1 Å². The fourth-order valence-electron chi connectivity index (χ4n) is 5.69. The van der Waals surface area contributed by atoms with Gasteiger partial charge in [-0.2, -0.15) is 0 Å². The highest BCUT2D eigenvalue weighted by atomic mass is 16.5. The van der Waals surface area contributed by atoms with Crippen LogP contribution in [0.1, 0.15) is 51.9 Å². The Bertz CT molecular complexity index is 467. The number of carbonyl (C=O) groups excluding carboxylic acids is 2. The standard InChI is InChI=1S/C20H33NO4/c1-14(13-25-19(23)11-21(2)3)12-24-18(22)10-20-7-15-4-16(8-20)6-17(5-15)9-20/h14-17H,4-13H2,1-3H3. The van der Waals surface area contributed by atoms with Gasteiger partial charge in [0.1, 0.15) is 0 Å². The molecule has 4 aliphatic carbocycles. The summed E-state index contributed by atoms with van der Waals surface area (Å²) in [5.74, 6) is 2.30. The minimum Gasteiger partial charge on any atom is -0.465 e. The number of ether oxygens (including phenoxy) is 2. The topological polar surface area (TPSA) is 55.8 Å². The van der Waals surface area contributed by atoms with Gasteiger partial charge in [-0.1, -0.05) is 6.92 Å². The lowest BCUT2D eigenvalue weighted by Crippen LogP contribution is -2.47. The molecule has 0 heterocycles. The maximum Gasteiger partial charge on any atom is 0.320 e. The third-order valence-corrected chi connectivity index (χ3v) is 6.19. The fraction of sp³-hybridized carbons (Fsp3) is 0.900. The van der Waals surface area contributed by atoms with Crippen LogP contribution in [0.25, 0.3) is 0 Å². The molecule has 0 aromatic carbocycles. The molecule has 1 unspecified atom stereocenters. The van der Waals surface area contributed by atoms with Crippen LogP contribution in [0.15, 0.2) is 0 Å². The van der Waals surface area contributed by atoms with Crippen molar-refractivity contribution in [3.63, 3.8) is 0 Å². The number of rotatable bonds is 8. The Morgan fingerprint density at radius 2 is 1.44 bits per heavy atom. The summed E-state index contributed by atoms with van der Waals surface area (Å²) in [5.41, 5.74) is 0.229. The van der Waals surface area contributed by atoms with Crippen molar-refractivity contribution >= 4 is 11.9 Å². The predicted octanol–water partition coefficient (Wildman–Crippen LogP) is 2.88. The van der Waals surface area contributed by atoms with Crippen LogP contribution in [0.4, 0.5) is 0 Å². The lowest BCUT2D eigenvalue weighted by molar-refractivity contribution is -0.154. The van der Waals surface area contributed by atoms with Gasteiger partial charge in [-0.15, -0.1) is 0 Å². The van der Waals surface area contributed by atoms with Crippen LogP contribution in [0, 0.1) is 29.1 Å². The first kappa shape index (κ1) is 18.7. The highest BCUT2D eigenvalue weighted by Crippen LogP contribution is 2.61. The first-order valence-electron chi connectivity index (χ1n) is 9.79. The quantitative estimate of drug-likeness (QED) is 0.630. The van der Waals surface area contributed by atoms with Crippen molar-refractivity contribution in [2.75, 3.05) is 33.9 Å². The summed E-state index contributed by atoms with van der Waals surface area (Å²) in [6.07, 6.45) is 8.45. The van der Waals surface area contributed by atoms with Crippen LogP contribution < -0.4 is 0 Å². The molecule has 0 amide bonds. The molecule has 0 radical (unpaired) electrons. The monoisotopic (exact) mass is 351 g/mol. The molecule has 4 rings (SSSR count). The van der Waals surface area contributed by atoms with Gasteiger partial charge in [0.2, 0.25) is 0 Å². The van der Waals surface area contributed by atoms with Crippen LogP contribution in [0.5, 0.6) is 0 Å². The van der Waals surface area contributed by atoms with E-state index in [2.05, 4.69) is 0 Å². The Kier molecular flexibility index (Phi) is 5.71. The van der Waals surface area contributed by atoms with Gasteiger partial charge in [0, 0.05) is 5.92 Å². The summed E-state index contributed by atoms with van der Waals surface area (Å²) in [6.45, 7) is 2.86. The lowest BCUT2D eigenvalue weighted by Gasteiger charge is -2.56. The minimum absolute atomic E-state index is 0.0337. The third kappa shape index (κ3) is 4.96. The Morgan fingerprint density at radius 3 is 1.92 bits per heavy atom. The second-order valence-corrected chi connectivity index (χ2v) is 9.30. The zero-order valence-electron chi connectivity index (χ0n) is 16.0. The number of hydrogen-bond acceptors (Lipinski definition) is 5. The first-order valence-corrected chi connectivity index (χ1v) is 9.79. The van der Waals surface area contributed by atoms with E-state index in [0.717, 1.165) is 17.8 Å². The molecule has 5 nitrogen and oxygen atoms in total. The lowest BCUT2D eigenvalue weighted by atomic mass is 9.49. The second kappa shape index (κ2) is 7.65. The molecule has 0 aliphatic heterocycles. The van der Waals surface area contributed by atoms with Gasteiger partial charge >= 0.3 is 11.9 Å². The van der Waals surface area contributed by atoms with Gasteiger partial charge in [-0.25, -0.2) is 0 Å². The van der Waals surface area contributed by atoms with Crippen molar-refractivity contribution in [2.45, 2.75) is 51.9 Å². The van der Waals surface area contributed by atoms with E-state index in [0.29, 0.717) is 19.6 Å². The molecule has 0 saturated heterocycles. The Morgan fingerprint density at radius 1 is 0.960 bits per heavy atom. The van der Waals surface area contributed by atoms with Crippen LogP contribution in [0.3, 0.4) is 0 Å². The van der Waals surface area contributed by atoms with Gasteiger partial charge in [0.25, 0.3) is 0 Å². The molecule has 5 heteroatoms. The zero-order chi connectivity index (χ0) is 18.0. The normalized spacial score (nSPS) is 34.2. The molecule has 1 atom stereocenters. The third-order valence-electron chi connectivity index (χ3n) is 6.19. The van der Waals surface area contributed by atoms with Gasteiger partial charge in [0.05, 0.1) is 26.2 Å². The van der Waals surface area contributed by atoms with Crippen molar-refractivity contribution in [2.24, 2.45) is 29.1 Å². The summed E-state index contributed by atoms with van der Waals surface area (Å²) in [7, 11) is 3.66. The molecule has 25 heavy (non-hydrogen) atoms.